The molecule has 2 atom stereocenters. The minimum absolute atomic E-state index is 0.263. The van der Waals surface area contributed by atoms with Gasteiger partial charge in [-0.15, -0.1) is 0 Å². The standard InChI is InChI=1S/C10H22N2O/c1-8(11)9(2)12-6-4-10(13-3)5-7-12/h8-10H,4-7,11H2,1-3H3. The molecule has 0 saturated carbocycles. The molecule has 0 amide bonds. The molecule has 78 valence electrons. The molecule has 0 aromatic heterocycles. The van der Waals surface area contributed by atoms with Crippen LogP contribution >= 0.6 is 0 Å². The number of nitrogens with zero attached hydrogens (tertiary/aromatic N) is 1. The first-order valence-electron chi connectivity index (χ1n) is 5.17. The zero-order valence-electron chi connectivity index (χ0n) is 8.99. The van der Waals surface area contributed by atoms with Gasteiger partial charge in [-0.25, -0.2) is 0 Å². The summed E-state index contributed by atoms with van der Waals surface area (Å²) in [7, 11) is 1.80. The predicted octanol–water partition coefficient (Wildman–Crippen LogP) is 0.833. The van der Waals surface area contributed by atoms with Crippen LogP contribution in [0.5, 0.6) is 0 Å². The van der Waals surface area contributed by atoms with E-state index in [9.17, 15) is 0 Å². The summed E-state index contributed by atoms with van der Waals surface area (Å²) in [6, 6.07) is 0.761. The topological polar surface area (TPSA) is 38.5 Å². The lowest BCUT2D eigenvalue weighted by molar-refractivity contribution is 0.0269. The summed E-state index contributed by atoms with van der Waals surface area (Å²) in [4.78, 5) is 2.46. The minimum atomic E-state index is 0.263. The minimum Gasteiger partial charge on any atom is -0.381 e. The van der Waals surface area contributed by atoms with E-state index in [1.807, 2.05) is 0 Å². The van der Waals surface area contributed by atoms with Crippen molar-refractivity contribution in [3.8, 4) is 0 Å². The molecule has 1 heterocycles. The molecular weight excluding hydrogens is 164 g/mol. The molecule has 13 heavy (non-hydrogen) atoms. The predicted molar refractivity (Wildman–Crippen MR) is 54.7 cm³/mol. The van der Waals surface area contributed by atoms with Crippen LogP contribution in [0.3, 0.4) is 0 Å². The zero-order chi connectivity index (χ0) is 9.84. The van der Waals surface area contributed by atoms with Crippen molar-refractivity contribution >= 4 is 0 Å². The number of rotatable bonds is 3. The molecule has 0 aromatic rings. The van der Waals surface area contributed by atoms with E-state index in [2.05, 4.69) is 18.7 Å². The third-order valence-electron chi connectivity index (χ3n) is 3.15. The quantitative estimate of drug-likeness (QED) is 0.709. The number of ether oxygens (including phenoxy) is 1. The number of likely N-dealkylation sites (tertiary alicyclic amines) is 1. The van der Waals surface area contributed by atoms with Crippen LogP contribution in [-0.2, 0) is 4.74 Å². The van der Waals surface area contributed by atoms with Crippen LogP contribution < -0.4 is 5.73 Å². The molecule has 1 rings (SSSR count). The first kappa shape index (κ1) is 11.0. The average molecular weight is 186 g/mol. The third-order valence-corrected chi connectivity index (χ3v) is 3.15. The largest absolute Gasteiger partial charge is 0.381 e. The van der Waals surface area contributed by atoms with Gasteiger partial charge in [0.25, 0.3) is 0 Å². The molecule has 3 heteroatoms. The molecule has 1 fully saturated rings. The molecule has 1 aliphatic heterocycles. The number of hydrogen-bond acceptors (Lipinski definition) is 3. The number of piperidine rings is 1. The molecule has 2 unspecified atom stereocenters. The van der Waals surface area contributed by atoms with Crippen molar-refractivity contribution in [2.75, 3.05) is 20.2 Å². The molecule has 0 aliphatic carbocycles. The van der Waals surface area contributed by atoms with Crippen molar-refractivity contribution in [3.05, 3.63) is 0 Å². The van der Waals surface area contributed by atoms with Crippen molar-refractivity contribution in [3.63, 3.8) is 0 Å². The Hall–Kier alpha value is -0.120. The number of hydrogen-bond donors (Lipinski definition) is 1. The lowest BCUT2D eigenvalue weighted by Gasteiger charge is -2.37. The average Bonchev–Trinajstić information content (AvgIpc) is 2.17. The van der Waals surface area contributed by atoms with Crippen LogP contribution in [-0.4, -0.2) is 43.3 Å². The third kappa shape index (κ3) is 2.93. The van der Waals surface area contributed by atoms with Crippen molar-refractivity contribution in [1.29, 1.82) is 0 Å². The highest BCUT2D eigenvalue weighted by molar-refractivity contribution is 4.80. The first-order chi connectivity index (χ1) is 6.15. The Balaban J connectivity index is 2.32. The van der Waals surface area contributed by atoms with Crippen molar-refractivity contribution < 1.29 is 4.74 Å². The van der Waals surface area contributed by atoms with Gasteiger partial charge < -0.3 is 10.5 Å². The van der Waals surface area contributed by atoms with Crippen molar-refractivity contribution in [2.45, 2.75) is 44.9 Å². The Kier molecular flexibility index (Phi) is 4.16. The van der Waals surface area contributed by atoms with Crippen LogP contribution in [0.2, 0.25) is 0 Å². The summed E-state index contributed by atoms with van der Waals surface area (Å²) in [6.45, 7) is 6.54. The lowest BCUT2D eigenvalue weighted by atomic mass is 10.0. The number of nitrogens with two attached hydrogens (primary N) is 1. The van der Waals surface area contributed by atoms with Gasteiger partial charge in [-0.3, -0.25) is 4.90 Å². The summed E-state index contributed by atoms with van der Waals surface area (Å²) in [5.74, 6) is 0. The van der Waals surface area contributed by atoms with Gasteiger partial charge in [0.1, 0.15) is 0 Å². The fourth-order valence-corrected chi connectivity index (χ4v) is 1.85. The van der Waals surface area contributed by atoms with Crippen LogP contribution in [0.15, 0.2) is 0 Å². The highest BCUT2D eigenvalue weighted by Crippen LogP contribution is 2.15. The van der Waals surface area contributed by atoms with E-state index in [0.29, 0.717) is 12.1 Å². The normalized spacial score (nSPS) is 25.8. The van der Waals surface area contributed by atoms with Gasteiger partial charge in [-0.1, -0.05) is 0 Å². The zero-order valence-corrected chi connectivity index (χ0v) is 8.99. The van der Waals surface area contributed by atoms with Gasteiger partial charge in [-0.05, 0) is 26.7 Å². The molecular formula is C10H22N2O. The van der Waals surface area contributed by atoms with E-state index in [1.165, 1.54) is 0 Å². The van der Waals surface area contributed by atoms with Gasteiger partial charge in [0.2, 0.25) is 0 Å². The maximum Gasteiger partial charge on any atom is 0.0595 e. The Morgan fingerprint density at radius 1 is 1.31 bits per heavy atom. The van der Waals surface area contributed by atoms with Crippen LogP contribution in [0.25, 0.3) is 0 Å². The summed E-state index contributed by atoms with van der Waals surface area (Å²) in [6.07, 6.45) is 2.76. The molecule has 3 nitrogen and oxygen atoms in total. The van der Waals surface area contributed by atoms with Crippen molar-refractivity contribution in [2.24, 2.45) is 5.73 Å². The second-order valence-corrected chi connectivity index (χ2v) is 4.07. The highest BCUT2D eigenvalue weighted by Gasteiger charge is 2.23. The van der Waals surface area contributed by atoms with Gasteiger partial charge >= 0.3 is 0 Å². The molecule has 0 radical (unpaired) electrons. The van der Waals surface area contributed by atoms with Gasteiger partial charge in [0, 0.05) is 32.3 Å². The van der Waals surface area contributed by atoms with Gasteiger partial charge in [0.15, 0.2) is 0 Å². The second-order valence-electron chi connectivity index (χ2n) is 4.07. The Labute approximate surface area is 81.2 Å². The van der Waals surface area contributed by atoms with Crippen molar-refractivity contribution in [1.82, 2.24) is 4.90 Å². The maximum atomic E-state index is 5.86. The maximum absolute atomic E-state index is 5.86. The first-order valence-corrected chi connectivity index (χ1v) is 5.17. The van der Waals surface area contributed by atoms with Crippen LogP contribution in [0.1, 0.15) is 26.7 Å². The Bertz CT molecular complexity index is 142. The van der Waals surface area contributed by atoms with Crippen LogP contribution in [0, 0.1) is 0 Å². The summed E-state index contributed by atoms with van der Waals surface area (Å²) < 4.78 is 5.32. The fraction of sp³-hybridized carbons (Fsp3) is 1.00. The summed E-state index contributed by atoms with van der Waals surface area (Å²) in [5.41, 5.74) is 5.86. The van der Waals surface area contributed by atoms with Crippen LogP contribution in [0.4, 0.5) is 0 Å². The van der Waals surface area contributed by atoms with E-state index in [4.69, 9.17) is 10.5 Å². The van der Waals surface area contributed by atoms with E-state index in [-0.39, 0.29) is 6.04 Å². The molecule has 0 spiro atoms. The number of methoxy groups -OCH3 is 1. The fourth-order valence-electron chi connectivity index (χ4n) is 1.85. The SMILES string of the molecule is COC1CCN(C(C)C(C)N)CC1. The Morgan fingerprint density at radius 2 is 1.85 bits per heavy atom. The monoisotopic (exact) mass is 186 g/mol. The molecule has 1 aliphatic rings. The Morgan fingerprint density at radius 3 is 2.23 bits per heavy atom. The second kappa shape index (κ2) is 4.94. The van der Waals surface area contributed by atoms with E-state index in [0.717, 1.165) is 25.9 Å². The van der Waals surface area contributed by atoms with Gasteiger partial charge in [-0.2, -0.15) is 0 Å². The van der Waals surface area contributed by atoms with Gasteiger partial charge in [0.05, 0.1) is 6.10 Å². The van der Waals surface area contributed by atoms with E-state index in [1.54, 1.807) is 7.11 Å². The molecule has 2 N–H and O–H groups in total. The lowest BCUT2D eigenvalue weighted by Crippen LogP contribution is -2.48. The molecule has 0 aromatic carbocycles. The van der Waals surface area contributed by atoms with E-state index < -0.39 is 0 Å². The summed E-state index contributed by atoms with van der Waals surface area (Å²) >= 11 is 0. The molecule has 1 saturated heterocycles. The smallest absolute Gasteiger partial charge is 0.0595 e. The highest BCUT2D eigenvalue weighted by atomic mass is 16.5. The molecule has 0 bridgehead atoms. The van der Waals surface area contributed by atoms with E-state index >= 15 is 0 Å². The summed E-state index contributed by atoms with van der Waals surface area (Å²) in [5, 5.41) is 0.